The van der Waals surface area contributed by atoms with Crippen LogP contribution in [0.5, 0.6) is 5.75 Å². The Hall–Kier alpha value is -1.66. The highest BCUT2D eigenvalue weighted by atomic mass is 19.1. The number of nitrogens with one attached hydrogen (secondary N) is 2. The van der Waals surface area contributed by atoms with Crippen LogP contribution in [0.3, 0.4) is 0 Å². The second-order valence-corrected chi connectivity index (χ2v) is 8.24. The minimum Gasteiger partial charge on any atom is -0.493 e. The molecule has 1 aliphatic carbocycles. The molecule has 6 heteroatoms. The first-order chi connectivity index (χ1) is 12.9. The molecule has 0 unspecified atom stereocenters. The number of rotatable bonds is 6. The molecule has 0 radical (unpaired) electrons. The molecule has 1 aromatic rings. The maximum atomic E-state index is 13.7. The van der Waals surface area contributed by atoms with Gasteiger partial charge >= 0.3 is 0 Å². The summed E-state index contributed by atoms with van der Waals surface area (Å²) in [6.45, 7) is 9.28. The molecule has 2 N–H and O–H groups in total. The van der Waals surface area contributed by atoms with Crippen molar-refractivity contribution in [2.24, 2.45) is 5.92 Å². The number of halogens is 1. The van der Waals surface area contributed by atoms with Crippen LogP contribution < -0.4 is 15.4 Å². The van der Waals surface area contributed by atoms with Crippen LogP contribution in [0.15, 0.2) is 18.2 Å². The van der Waals surface area contributed by atoms with E-state index < -0.39 is 0 Å². The van der Waals surface area contributed by atoms with Crippen molar-refractivity contribution in [3.63, 3.8) is 0 Å². The lowest BCUT2D eigenvalue weighted by Crippen LogP contribution is -2.34. The second kappa shape index (κ2) is 10.0. The highest BCUT2D eigenvalue weighted by Crippen LogP contribution is 2.45. The molecule has 2 fully saturated rings. The number of methoxy groups -OCH3 is 1. The summed E-state index contributed by atoms with van der Waals surface area (Å²) in [7, 11) is 1.54. The van der Waals surface area contributed by atoms with E-state index in [1.54, 1.807) is 13.2 Å². The monoisotopic (exact) mass is 380 g/mol. The molecule has 0 spiro atoms. The van der Waals surface area contributed by atoms with Crippen molar-refractivity contribution in [1.82, 2.24) is 10.6 Å². The van der Waals surface area contributed by atoms with Crippen molar-refractivity contribution in [1.29, 1.82) is 0 Å². The van der Waals surface area contributed by atoms with Gasteiger partial charge in [-0.15, -0.1) is 0 Å². The van der Waals surface area contributed by atoms with E-state index in [-0.39, 0.29) is 11.4 Å². The molecule has 1 aromatic carbocycles. The van der Waals surface area contributed by atoms with E-state index in [9.17, 15) is 9.18 Å². The SMILES string of the molecule is CC(C)(C)OC=O.COc1c(F)cccc1[C@@H]1C[C@H]1NCC1CCNCC1. The quantitative estimate of drug-likeness (QED) is 0.742. The maximum absolute atomic E-state index is 13.7. The molecule has 3 rings (SSSR count). The summed E-state index contributed by atoms with van der Waals surface area (Å²) in [5.74, 6) is 1.35. The smallest absolute Gasteiger partial charge is 0.293 e. The third kappa shape index (κ3) is 7.11. The van der Waals surface area contributed by atoms with Crippen molar-refractivity contribution < 1.29 is 18.7 Å². The van der Waals surface area contributed by atoms with Crippen LogP contribution in [0.1, 0.15) is 51.5 Å². The van der Waals surface area contributed by atoms with Gasteiger partial charge in [-0.05, 0) is 71.7 Å². The molecule has 1 saturated heterocycles. The first-order valence-electron chi connectivity index (χ1n) is 9.73. The summed E-state index contributed by atoms with van der Waals surface area (Å²) in [6.07, 6.45) is 3.60. The predicted molar refractivity (Wildman–Crippen MR) is 105 cm³/mol. The summed E-state index contributed by atoms with van der Waals surface area (Å²) >= 11 is 0. The van der Waals surface area contributed by atoms with Crippen molar-refractivity contribution in [2.45, 2.75) is 57.6 Å². The number of carbonyl (C=O) groups excluding carboxylic acids is 1. The molecule has 2 aliphatic rings. The third-order valence-corrected chi connectivity index (χ3v) is 4.92. The molecule has 0 amide bonds. The van der Waals surface area contributed by atoms with Crippen LogP contribution in [-0.4, -0.2) is 44.9 Å². The van der Waals surface area contributed by atoms with Gasteiger partial charge in [-0.1, -0.05) is 12.1 Å². The number of hydrogen-bond acceptors (Lipinski definition) is 5. The van der Waals surface area contributed by atoms with Gasteiger partial charge in [0.1, 0.15) is 5.60 Å². The Morgan fingerprint density at radius 2 is 2.00 bits per heavy atom. The molecular formula is C21H33FN2O3. The molecule has 1 aliphatic heterocycles. The zero-order valence-corrected chi connectivity index (χ0v) is 16.9. The van der Waals surface area contributed by atoms with Crippen molar-refractivity contribution in [2.75, 3.05) is 26.7 Å². The first kappa shape index (κ1) is 21.6. The maximum Gasteiger partial charge on any atom is 0.293 e. The van der Waals surface area contributed by atoms with E-state index >= 15 is 0 Å². The summed E-state index contributed by atoms with van der Waals surface area (Å²) in [5.41, 5.74) is 0.692. The average Bonchev–Trinajstić information content (AvgIpc) is 3.40. The second-order valence-electron chi connectivity index (χ2n) is 8.24. The van der Waals surface area contributed by atoms with Gasteiger partial charge in [-0.2, -0.15) is 0 Å². The number of benzene rings is 1. The largest absolute Gasteiger partial charge is 0.493 e. The molecule has 27 heavy (non-hydrogen) atoms. The lowest BCUT2D eigenvalue weighted by atomic mass is 9.98. The predicted octanol–water partition coefficient (Wildman–Crippen LogP) is 3.24. The van der Waals surface area contributed by atoms with E-state index in [1.807, 2.05) is 26.8 Å². The van der Waals surface area contributed by atoms with Crippen LogP contribution in [0.4, 0.5) is 4.39 Å². The van der Waals surface area contributed by atoms with Crippen molar-refractivity contribution in [3.8, 4) is 5.75 Å². The van der Waals surface area contributed by atoms with Crippen LogP contribution in [0, 0.1) is 11.7 Å². The zero-order chi connectivity index (χ0) is 19.9. The molecule has 0 aromatic heterocycles. The van der Waals surface area contributed by atoms with Gasteiger partial charge in [0.2, 0.25) is 0 Å². The van der Waals surface area contributed by atoms with Crippen LogP contribution in [-0.2, 0) is 9.53 Å². The lowest BCUT2D eigenvalue weighted by molar-refractivity contribution is -0.138. The van der Waals surface area contributed by atoms with Gasteiger partial charge in [-0.25, -0.2) is 4.39 Å². The van der Waals surface area contributed by atoms with Gasteiger partial charge in [0.05, 0.1) is 7.11 Å². The van der Waals surface area contributed by atoms with Gasteiger partial charge in [0.25, 0.3) is 6.47 Å². The Morgan fingerprint density at radius 3 is 2.56 bits per heavy atom. The third-order valence-electron chi connectivity index (χ3n) is 4.92. The van der Waals surface area contributed by atoms with Gasteiger partial charge in [0.15, 0.2) is 11.6 Å². The Labute approximate surface area is 162 Å². The number of para-hydroxylation sites is 1. The molecule has 1 heterocycles. The van der Waals surface area contributed by atoms with E-state index in [4.69, 9.17) is 4.74 Å². The fraction of sp³-hybridized carbons (Fsp3) is 0.667. The summed E-state index contributed by atoms with van der Waals surface area (Å²) in [6, 6.07) is 5.71. The highest BCUT2D eigenvalue weighted by molar-refractivity contribution is 5.41. The van der Waals surface area contributed by atoms with E-state index in [0.717, 1.165) is 37.5 Å². The Balaban J connectivity index is 0.000000321. The van der Waals surface area contributed by atoms with Crippen LogP contribution in [0.2, 0.25) is 0 Å². The normalized spacial score (nSPS) is 22.4. The summed E-state index contributed by atoms with van der Waals surface area (Å²) < 4.78 is 23.4. The molecule has 152 valence electrons. The number of carbonyl (C=O) groups is 1. The Morgan fingerprint density at radius 1 is 1.30 bits per heavy atom. The Kier molecular flexibility index (Phi) is 8.05. The van der Waals surface area contributed by atoms with Gasteiger partial charge < -0.3 is 20.1 Å². The molecule has 1 saturated carbocycles. The zero-order valence-electron chi connectivity index (χ0n) is 16.9. The van der Waals surface area contributed by atoms with Crippen LogP contribution in [0.25, 0.3) is 0 Å². The number of piperidine rings is 1. The molecule has 0 bridgehead atoms. The fourth-order valence-corrected chi connectivity index (χ4v) is 3.35. The summed E-state index contributed by atoms with van der Waals surface area (Å²) in [5, 5.41) is 7.03. The van der Waals surface area contributed by atoms with E-state index in [1.165, 1.54) is 18.9 Å². The van der Waals surface area contributed by atoms with E-state index in [2.05, 4.69) is 15.4 Å². The highest BCUT2D eigenvalue weighted by Gasteiger charge is 2.40. The van der Waals surface area contributed by atoms with Crippen molar-refractivity contribution >= 4 is 6.47 Å². The topological polar surface area (TPSA) is 59.6 Å². The first-order valence-corrected chi connectivity index (χ1v) is 9.73. The summed E-state index contributed by atoms with van der Waals surface area (Å²) in [4.78, 5) is 9.60. The number of hydrogen-bond donors (Lipinski definition) is 2. The van der Waals surface area contributed by atoms with E-state index in [0.29, 0.717) is 24.2 Å². The van der Waals surface area contributed by atoms with Crippen LogP contribution >= 0.6 is 0 Å². The minimum absolute atomic E-state index is 0.256. The van der Waals surface area contributed by atoms with Gasteiger partial charge in [-0.3, -0.25) is 4.79 Å². The average molecular weight is 381 g/mol. The number of ether oxygens (including phenoxy) is 2. The molecule has 5 nitrogen and oxygen atoms in total. The Bertz CT molecular complexity index is 598. The van der Waals surface area contributed by atoms with Crippen molar-refractivity contribution in [3.05, 3.63) is 29.6 Å². The lowest BCUT2D eigenvalue weighted by Gasteiger charge is -2.23. The molecule has 2 atom stereocenters. The van der Waals surface area contributed by atoms with Gasteiger partial charge in [0, 0.05) is 17.5 Å². The fourth-order valence-electron chi connectivity index (χ4n) is 3.35. The molecular weight excluding hydrogens is 347 g/mol. The standard InChI is InChI=1S/C16H23FN2O.C5H10O2/c1-20-16-12(3-2-4-14(16)17)13-9-15(13)19-10-11-5-7-18-8-6-11;1-5(2,3)7-4-6/h2-4,11,13,15,18-19H,5-10H2,1H3;4H,1-3H3/t13-,15+;/m0./s1. The minimum atomic E-state index is -0.318.